The van der Waals surface area contributed by atoms with E-state index in [1.54, 1.807) is 0 Å². The van der Waals surface area contributed by atoms with Crippen LogP contribution in [0, 0.1) is 29.1 Å². The smallest absolute Gasteiger partial charge is 0.243 e. The van der Waals surface area contributed by atoms with Crippen LogP contribution in [0.1, 0.15) is 44.9 Å². The predicted molar refractivity (Wildman–Crippen MR) is 81.0 cm³/mol. The van der Waals surface area contributed by atoms with E-state index in [0.29, 0.717) is 23.8 Å². The molecule has 23 heavy (non-hydrogen) atoms. The van der Waals surface area contributed by atoms with Gasteiger partial charge in [-0.1, -0.05) is 0 Å². The highest BCUT2D eigenvalue weighted by atomic mass is 16.3. The molecule has 7 fully saturated rings. The van der Waals surface area contributed by atoms with Crippen LogP contribution < -0.4 is 0 Å². The summed E-state index contributed by atoms with van der Waals surface area (Å²) in [5, 5.41) is 20.4. The summed E-state index contributed by atoms with van der Waals surface area (Å²) in [6.45, 7) is 0.981. The summed E-state index contributed by atoms with van der Waals surface area (Å²) in [6.07, 6.45) is 6.94. The van der Waals surface area contributed by atoms with Gasteiger partial charge in [0, 0.05) is 18.1 Å². The van der Waals surface area contributed by atoms with Crippen molar-refractivity contribution in [2.75, 3.05) is 6.54 Å². The number of piperidine rings is 1. The first-order valence-electron chi connectivity index (χ1n) is 9.24. The van der Waals surface area contributed by atoms with Gasteiger partial charge in [-0.2, -0.15) is 5.26 Å². The second kappa shape index (κ2) is 3.75. The molecule has 4 bridgehead atoms. The number of hydrogen-bond donors (Lipinski definition) is 1. The van der Waals surface area contributed by atoms with Crippen LogP contribution in [0.25, 0.3) is 0 Å². The maximum Gasteiger partial charge on any atom is 0.243 e. The third-order valence-electron chi connectivity index (χ3n) is 7.80. The summed E-state index contributed by atoms with van der Waals surface area (Å²) < 4.78 is 0. The molecule has 0 radical (unpaired) electrons. The van der Waals surface area contributed by atoms with Gasteiger partial charge < -0.3 is 10.0 Å². The summed E-state index contributed by atoms with van der Waals surface area (Å²) in [5.41, 5.74) is -0.607. The molecule has 1 amide bonds. The van der Waals surface area contributed by atoms with E-state index in [9.17, 15) is 15.2 Å². The van der Waals surface area contributed by atoms with Gasteiger partial charge in [-0.15, -0.1) is 0 Å². The molecular formula is C18H23N3O2. The molecule has 4 saturated heterocycles. The number of amides is 1. The highest BCUT2D eigenvalue weighted by Gasteiger charge is 2.74. The Bertz CT molecular complexity index is 659. The molecule has 7 rings (SSSR count). The normalized spacial score (nSPS) is 60.7. The molecule has 2 unspecified atom stereocenters. The van der Waals surface area contributed by atoms with Crippen LogP contribution in [0.2, 0.25) is 0 Å². The summed E-state index contributed by atoms with van der Waals surface area (Å²) in [6, 6.07) is 2.44. The van der Waals surface area contributed by atoms with Crippen molar-refractivity contribution in [2.24, 2.45) is 17.8 Å². The van der Waals surface area contributed by atoms with Gasteiger partial charge in [-0.05, 0) is 62.7 Å². The Morgan fingerprint density at radius 1 is 1.17 bits per heavy atom. The lowest BCUT2D eigenvalue weighted by molar-refractivity contribution is -0.133. The number of aliphatic hydroxyl groups is 1. The molecule has 0 aromatic rings. The Morgan fingerprint density at radius 3 is 2.78 bits per heavy atom. The Kier molecular flexibility index (Phi) is 2.16. The molecule has 7 aliphatic rings. The second-order valence-corrected chi connectivity index (χ2v) is 9.33. The van der Waals surface area contributed by atoms with E-state index in [-0.39, 0.29) is 23.5 Å². The predicted octanol–water partition coefficient (Wildman–Crippen LogP) is 0.877. The average Bonchev–Trinajstić information content (AvgIpc) is 3.32. The number of fused-ring (bicyclic) bond motifs is 1. The fourth-order valence-corrected chi connectivity index (χ4v) is 7.20. The number of hydrogen-bond acceptors (Lipinski definition) is 4. The van der Waals surface area contributed by atoms with Crippen molar-refractivity contribution in [1.29, 1.82) is 5.26 Å². The molecule has 5 nitrogen and oxygen atoms in total. The number of nitrogens with zero attached hydrogens (tertiary/aromatic N) is 3. The van der Waals surface area contributed by atoms with Crippen molar-refractivity contribution in [3.63, 3.8) is 0 Å². The fourth-order valence-electron chi connectivity index (χ4n) is 7.20. The first-order chi connectivity index (χ1) is 11.0. The molecule has 3 saturated carbocycles. The van der Waals surface area contributed by atoms with Gasteiger partial charge in [-0.25, -0.2) is 0 Å². The van der Waals surface area contributed by atoms with Crippen LogP contribution in [0.4, 0.5) is 0 Å². The zero-order valence-corrected chi connectivity index (χ0v) is 13.3. The third kappa shape index (κ3) is 1.52. The summed E-state index contributed by atoms with van der Waals surface area (Å²) in [7, 11) is 0. The molecule has 1 N–H and O–H groups in total. The quantitative estimate of drug-likeness (QED) is 0.730. The summed E-state index contributed by atoms with van der Waals surface area (Å²) in [4.78, 5) is 17.6. The van der Waals surface area contributed by atoms with E-state index < -0.39 is 5.60 Å². The van der Waals surface area contributed by atoms with E-state index in [4.69, 9.17) is 0 Å². The zero-order chi connectivity index (χ0) is 15.6. The Hall–Kier alpha value is -1.12. The number of rotatable bonds is 1. The Labute approximate surface area is 136 Å². The van der Waals surface area contributed by atoms with Crippen LogP contribution in [0.15, 0.2) is 0 Å². The van der Waals surface area contributed by atoms with E-state index in [1.807, 2.05) is 4.90 Å². The lowest BCUT2D eigenvalue weighted by Gasteiger charge is -2.46. The Balaban J connectivity index is 1.34. The first kappa shape index (κ1) is 13.2. The molecular weight excluding hydrogens is 290 g/mol. The minimum atomic E-state index is -0.530. The van der Waals surface area contributed by atoms with Crippen LogP contribution in [0.5, 0.6) is 0 Å². The summed E-state index contributed by atoms with van der Waals surface area (Å²) >= 11 is 0. The molecule has 9 atom stereocenters. The van der Waals surface area contributed by atoms with Crippen LogP contribution in [-0.2, 0) is 4.79 Å². The van der Waals surface area contributed by atoms with Gasteiger partial charge in [0.25, 0.3) is 0 Å². The molecule has 4 aliphatic heterocycles. The van der Waals surface area contributed by atoms with Crippen molar-refractivity contribution in [1.82, 2.24) is 9.80 Å². The van der Waals surface area contributed by atoms with Gasteiger partial charge >= 0.3 is 0 Å². The maximum atomic E-state index is 13.3. The largest absolute Gasteiger partial charge is 0.390 e. The molecule has 1 spiro atoms. The standard InChI is InChI=1S/C18H23N3O2/c19-7-13-2-12-3-14(12)21(13)16(22)15-18-6-10-1-11(8-20(15)18)5-17(23,4-10)9-18/h10-15,23H,1-6,8-9H2/t10-,11+,12+,13-,14-,15?,17+,18-,20?/m0/s1. The summed E-state index contributed by atoms with van der Waals surface area (Å²) in [5.74, 6) is 1.93. The zero-order valence-electron chi connectivity index (χ0n) is 13.3. The van der Waals surface area contributed by atoms with E-state index in [2.05, 4.69) is 11.0 Å². The minimum absolute atomic E-state index is 0.0462. The van der Waals surface area contributed by atoms with Crippen molar-refractivity contribution < 1.29 is 9.90 Å². The van der Waals surface area contributed by atoms with Crippen molar-refractivity contribution >= 4 is 5.91 Å². The molecule has 3 aliphatic carbocycles. The van der Waals surface area contributed by atoms with Crippen LogP contribution in [-0.4, -0.2) is 56.6 Å². The molecule has 0 aromatic heterocycles. The van der Waals surface area contributed by atoms with Gasteiger partial charge in [-0.3, -0.25) is 9.69 Å². The van der Waals surface area contributed by atoms with Gasteiger partial charge in [0.2, 0.25) is 5.91 Å². The van der Waals surface area contributed by atoms with E-state index in [0.717, 1.165) is 45.1 Å². The highest BCUT2D eigenvalue weighted by Crippen LogP contribution is 2.64. The topological polar surface area (TPSA) is 67.3 Å². The molecule has 0 aromatic carbocycles. The average molecular weight is 313 g/mol. The third-order valence-corrected chi connectivity index (χ3v) is 7.80. The molecule has 5 heteroatoms. The highest BCUT2D eigenvalue weighted by molar-refractivity contribution is 5.89. The fraction of sp³-hybridized carbons (Fsp3) is 0.889. The van der Waals surface area contributed by atoms with Crippen molar-refractivity contribution in [3.05, 3.63) is 0 Å². The number of likely N-dealkylation sites (tertiary alicyclic amines) is 1. The molecule has 4 heterocycles. The van der Waals surface area contributed by atoms with Crippen LogP contribution in [0.3, 0.4) is 0 Å². The number of nitriles is 1. The maximum absolute atomic E-state index is 13.3. The van der Waals surface area contributed by atoms with E-state index in [1.165, 1.54) is 6.42 Å². The van der Waals surface area contributed by atoms with Crippen molar-refractivity contribution in [2.45, 2.75) is 74.2 Å². The van der Waals surface area contributed by atoms with Crippen molar-refractivity contribution in [3.8, 4) is 6.07 Å². The lowest BCUT2D eigenvalue weighted by atomic mass is 9.62. The van der Waals surface area contributed by atoms with Gasteiger partial charge in [0.05, 0.1) is 11.7 Å². The monoisotopic (exact) mass is 313 g/mol. The van der Waals surface area contributed by atoms with E-state index >= 15 is 0 Å². The Morgan fingerprint density at radius 2 is 2.00 bits per heavy atom. The first-order valence-corrected chi connectivity index (χ1v) is 9.24. The van der Waals surface area contributed by atoms with Crippen LogP contribution >= 0.6 is 0 Å². The number of carbonyl (C=O) groups excluding carboxylic acids is 1. The molecule has 122 valence electrons. The second-order valence-electron chi connectivity index (χ2n) is 9.33. The lowest BCUT2D eigenvalue weighted by Crippen LogP contribution is -2.50. The van der Waals surface area contributed by atoms with Gasteiger partial charge in [0.15, 0.2) is 0 Å². The number of carbonyl (C=O) groups is 1. The SMILES string of the molecule is N#C[C@@H]1C[C@@H]2C[C@@H]2N1C(=O)C1N2C[C@@H]3C[C@H]4C[C@@](O)(C3)C[C@@]12C4. The minimum Gasteiger partial charge on any atom is -0.390 e. The van der Waals surface area contributed by atoms with Gasteiger partial charge in [0.1, 0.15) is 12.1 Å².